The van der Waals surface area contributed by atoms with E-state index in [0.717, 1.165) is 21.3 Å². The lowest BCUT2D eigenvalue weighted by molar-refractivity contribution is -0.348. The standard InChI is InChI=1S/C17H30O20S3/c1-29-11-12(30-2)14(31-3)17(36-13(11)15(18)19)35-9-7(6-38(20,21)22)10(37-40(26,27)28)16(32-4)34-8(9)5-33-39(23,24)25/h7-14,16-17H,5-6H2,1-4H3,(H,18,19)(H,20,21,22)(H,23,24,25)(H,26,27,28)/t7-,8+,9-,10+,11-,12-,13-,14+,16-,17+/m0/s1. The SMILES string of the molecule is CO[C@H]1O[C@H](COS(=O)(=O)O)[C@@H](O[C@@H]2O[C@H](C(=O)O)[C@@H](OC)[C@H](OC)[C@H]2OC)[C@H](CS(=O)(=O)O)[C@H]1OS(=O)(=O)O. The average Bonchev–Trinajstić information content (AvgIpc) is 2.82. The normalized spacial score (nSPS) is 35.9. The van der Waals surface area contributed by atoms with Gasteiger partial charge in [-0.15, -0.1) is 0 Å². The topological polar surface area (TPSA) is 283 Å². The maximum absolute atomic E-state index is 11.9. The predicted molar refractivity (Wildman–Crippen MR) is 123 cm³/mol. The van der Waals surface area contributed by atoms with E-state index in [0.29, 0.717) is 0 Å². The maximum atomic E-state index is 11.9. The third kappa shape index (κ3) is 9.43. The number of aliphatic carboxylic acids is 1. The molecule has 0 aliphatic carbocycles. The van der Waals surface area contributed by atoms with Crippen LogP contribution in [0, 0.1) is 5.92 Å². The Morgan fingerprint density at radius 3 is 1.73 bits per heavy atom. The lowest BCUT2D eigenvalue weighted by atomic mass is 9.90. The number of carboxylic acid groups (broad SMARTS) is 1. The van der Waals surface area contributed by atoms with Gasteiger partial charge in [-0.1, -0.05) is 0 Å². The average molecular weight is 651 g/mol. The van der Waals surface area contributed by atoms with Crippen LogP contribution >= 0.6 is 0 Å². The van der Waals surface area contributed by atoms with Crippen molar-refractivity contribution in [2.75, 3.05) is 40.8 Å². The molecule has 0 aromatic carbocycles. The predicted octanol–water partition coefficient (Wildman–Crippen LogP) is -2.89. The quantitative estimate of drug-likeness (QED) is 0.137. The first kappa shape index (κ1) is 35.0. The summed E-state index contributed by atoms with van der Waals surface area (Å²) in [5.41, 5.74) is 0. The summed E-state index contributed by atoms with van der Waals surface area (Å²) in [5.74, 6) is -4.81. The summed E-state index contributed by atoms with van der Waals surface area (Å²) < 4.78 is 144. The fraction of sp³-hybridized carbons (Fsp3) is 0.941. The van der Waals surface area contributed by atoms with E-state index in [1.54, 1.807) is 0 Å². The summed E-state index contributed by atoms with van der Waals surface area (Å²) in [5, 5.41) is 9.66. The van der Waals surface area contributed by atoms with Crippen LogP contribution in [-0.4, -0.2) is 146 Å². The van der Waals surface area contributed by atoms with E-state index >= 15 is 0 Å². The van der Waals surface area contributed by atoms with Crippen molar-refractivity contribution in [2.24, 2.45) is 5.92 Å². The van der Waals surface area contributed by atoms with Crippen LogP contribution in [0.5, 0.6) is 0 Å². The first-order valence-electron chi connectivity index (χ1n) is 10.9. The highest BCUT2D eigenvalue weighted by Gasteiger charge is 2.56. The van der Waals surface area contributed by atoms with Gasteiger partial charge in [0.25, 0.3) is 10.1 Å². The number of hydrogen-bond acceptors (Lipinski definition) is 16. The molecule has 40 heavy (non-hydrogen) atoms. The van der Waals surface area contributed by atoms with Crippen LogP contribution in [0.2, 0.25) is 0 Å². The Hall–Kier alpha value is -1.16. The molecular weight excluding hydrogens is 620 g/mol. The van der Waals surface area contributed by atoms with Gasteiger partial charge in [-0.3, -0.25) is 13.7 Å². The number of methoxy groups -OCH3 is 4. The van der Waals surface area contributed by atoms with Crippen molar-refractivity contribution >= 4 is 36.9 Å². The van der Waals surface area contributed by atoms with Gasteiger partial charge < -0.3 is 38.3 Å². The van der Waals surface area contributed by atoms with Gasteiger partial charge in [0.15, 0.2) is 18.7 Å². The lowest BCUT2D eigenvalue weighted by Gasteiger charge is -2.48. The zero-order valence-corrected chi connectivity index (χ0v) is 23.7. The fourth-order valence-corrected chi connectivity index (χ4v) is 6.08. The minimum Gasteiger partial charge on any atom is -0.479 e. The Kier molecular flexibility index (Phi) is 12.2. The van der Waals surface area contributed by atoms with Gasteiger partial charge in [0, 0.05) is 34.4 Å². The fourth-order valence-electron chi connectivity index (χ4n) is 4.39. The van der Waals surface area contributed by atoms with Crippen molar-refractivity contribution in [3.05, 3.63) is 0 Å². The molecule has 2 rings (SSSR count). The van der Waals surface area contributed by atoms with Gasteiger partial charge in [0.05, 0.1) is 18.5 Å². The molecule has 20 nitrogen and oxygen atoms in total. The Labute approximate surface area is 229 Å². The van der Waals surface area contributed by atoms with Gasteiger partial charge in [0.1, 0.15) is 30.5 Å². The van der Waals surface area contributed by atoms with E-state index in [-0.39, 0.29) is 0 Å². The van der Waals surface area contributed by atoms with Crippen LogP contribution in [0.25, 0.3) is 0 Å². The molecule has 236 valence electrons. The molecule has 2 aliphatic heterocycles. The van der Waals surface area contributed by atoms with E-state index in [1.807, 2.05) is 0 Å². The molecule has 2 heterocycles. The second-order valence-corrected chi connectivity index (χ2v) is 12.0. The summed E-state index contributed by atoms with van der Waals surface area (Å²) in [6.07, 6.45) is -15.0. The zero-order chi connectivity index (χ0) is 30.6. The molecule has 0 aromatic heterocycles. The molecule has 0 radical (unpaired) electrons. The summed E-state index contributed by atoms with van der Waals surface area (Å²) in [4.78, 5) is 11.9. The molecular formula is C17H30O20S3. The molecule has 10 atom stereocenters. The maximum Gasteiger partial charge on any atom is 0.397 e. The highest BCUT2D eigenvalue weighted by molar-refractivity contribution is 7.85. The molecule has 0 amide bonds. The van der Waals surface area contributed by atoms with Crippen molar-refractivity contribution in [3.63, 3.8) is 0 Å². The molecule has 0 saturated carbocycles. The Balaban J connectivity index is 2.64. The molecule has 4 N–H and O–H groups in total. The molecule has 23 heteroatoms. The number of carbonyl (C=O) groups is 1. The van der Waals surface area contributed by atoms with Crippen LogP contribution < -0.4 is 0 Å². The zero-order valence-electron chi connectivity index (χ0n) is 21.2. The summed E-state index contributed by atoms with van der Waals surface area (Å²) in [6.45, 7) is -1.12. The van der Waals surface area contributed by atoms with Crippen molar-refractivity contribution in [1.82, 2.24) is 0 Å². The summed E-state index contributed by atoms with van der Waals surface area (Å²) in [7, 11) is -11.1. The molecule has 0 aromatic rings. The Bertz CT molecular complexity index is 1170. The van der Waals surface area contributed by atoms with Crippen molar-refractivity contribution in [2.45, 2.75) is 55.3 Å². The number of ether oxygens (including phenoxy) is 7. The second kappa shape index (κ2) is 13.9. The van der Waals surface area contributed by atoms with E-state index in [9.17, 15) is 44.3 Å². The van der Waals surface area contributed by atoms with E-state index in [4.69, 9.17) is 37.7 Å². The van der Waals surface area contributed by atoms with Crippen molar-refractivity contribution in [1.29, 1.82) is 0 Å². The third-order valence-electron chi connectivity index (χ3n) is 5.88. The first-order valence-corrected chi connectivity index (χ1v) is 15.2. The lowest BCUT2D eigenvalue weighted by Crippen LogP contribution is -2.65. The van der Waals surface area contributed by atoms with Gasteiger partial charge in [0.2, 0.25) is 0 Å². The summed E-state index contributed by atoms with van der Waals surface area (Å²) in [6, 6.07) is 0. The van der Waals surface area contributed by atoms with Crippen molar-refractivity contribution in [3.8, 4) is 0 Å². The Morgan fingerprint density at radius 2 is 1.30 bits per heavy atom. The Morgan fingerprint density at radius 1 is 0.725 bits per heavy atom. The van der Waals surface area contributed by atoms with Gasteiger partial charge in [-0.2, -0.15) is 25.3 Å². The molecule has 0 bridgehead atoms. The van der Waals surface area contributed by atoms with Crippen LogP contribution in [0.15, 0.2) is 0 Å². The van der Waals surface area contributed by atoms with Gasteiger partial charge >= 0.3 is 26.8 Å². The summed E-state index contributed by atoms with van der Waals surface area (Å²) >= 11 is 0. The van der Waals surface area contributed by atoms with Crippen LogP contribution in [0.3, 0.4) is 0 Å². The van der Waals surface area contributed by atoms with Crippen LogP contribution in [0.1, 0.15) is 0 Å². The molecule has 2 saturated heterocycles. The van der Waals surface area contributed by atoms with E-state index in [1.165, 1.54) is 7.11 Å². The van der Waals surface area contributed by atoms with E-state index in [2.05, 4.69) is 8.37 Å². The van der Waals surface area contributed by atoms with Crippen LogP contribution in [-0.2, 0) is 77.2 Å². The number of rotatable bonds is 14. The molecule has 0 spiro atoms. The van der Waals surface area contributed by atoms with Gasteiger partial charge in [-0.25, -0.2) is 13.2 Å². The minimum atomic E-state index is -5.35. The van der Waals surface area contributed by atoms with E-state index < -0.39 is 110 Å². The first-order chi connectivity index (χ1) is 18.4. The second-order valence-electron chi connectivity index (χ2n) is 8.36. The number of carboxylic acids is 1. The highest BCUT2D eigenvalue weighted by Crippen LogP contribution is 2.37. The third-order valence-corrected chi connectivity index (χ3v) is 7.59. The minimum absolute atomic E-state index is 0.939. The van der Waals surface area contributed by atoms with Gasteiger partial charge in [-0.05, 0) is 0 Å². The number of hydrogen-bond donors (Lipinski definition) is 4. The molecule has 2 fully saturated rings. The monoisotopic (exact) mass is 650 g/mol. The molecule has 0 unspecified atom stereocenters. The molecule has 2 aliphatic rings. The highest BCUT2D eigenvalue weighted by atomic mass is 32.3. The van der Waals surface area contributed by atoms with Crippen LogP contribution in [0.4, 0.5) is 0 Å². The van der Waals surface area contributed by atoms with Crippen molar-refractivity contribution < 1.29 is 90.3 Å². The largest absolute Gasteiger partial charge is 0.479 e. The smallest absolute Gasteiger partial charge is 0.397 e.